The Hall–Kier alpha value is -2.62. The Morgan fingerprint density at radius 3 is 2.85 bits per heavy atom. The van der Waals surface area contributed by atoms with Crippen molar-refractivity contribution in [1.82, 2.24) is 10.2 Å². The molecule has 4 amide bonds. The number of urea groups is 1. The first-order valence-electron chi connectivity index (χ1n) is 8.41. The number of para-hydroxylation sites is 1. The molecule has 1 saturated heterocycles. The Morgan fingerprint density at radius 1 is 1.22 bits per heavy atom. The molecule has 2 aromatic rings. The molecule has 2 aromatic carbocycles. The van der Waals surface area contributed by atoms with E-state index in [2.05, 4.69) is 33.2 Å². The minimum absolute atomic E-state index is 0.311. The molecule has 8 heteroatoms. The van der Waals surface area contributed by atoms with Crippen LogP contribution in [0, 0.1) is 3.57 Å². The Labute approximate surface area is 169 Å². The van der Waals surface area contributed by atoms with Crippen LogP contribution in [0.5, 0.6) is 5.75 Å². The first-order chi connectivity index (χ1) is 13.0. The van der Waals surface area contributed by atoms with Crippen LogP contribution in [-0.4, -0.2) is 35.9 Å². The number of fused-ring (bicyclic) bond motifs is 2. The molecular weight excluding hydrogens is 461 g/mol. The third-order valence-electron chi connectivity index (χ3n) is 4.67. The second kappa shape index (κ2) is 6.84. The SMILES string of the molecule is O=C(CN1C(=O)N[C@@]2(CCOc3ccccc32)C1=O)Nc1cccc(I)c1. The van der Waals surface area contributed by atoms with Gasteiger partial charge < -0.3 is 15.4 Å². The highest BCUT2D eigenvalue weighted by molar-refractivity contribution is 14.1. The molecule has 4 rings (SSSR count). The lowest BCUT2D eigenvalue weighted by molar-refractivity contribution is -0.135. The van der Waals surface area contributed by atoms with Crippen LogP contribution in [0.25, 0.3) is 0 Å². The summed E-state index contributed by atoms with van der Waals surface area (Å²) in [5, 5.41) is 5.50. The van der Waals surface area contributed by atoms with Crippen molar-refractivity contribution in [1.29, 1.82) is 0 Å². The Bertz CT molecular complexity index is 948. The van der Waals surface area contributed by atoms with Gasteiger partial charge in [0.25, 0.3) is 5.91 Å². The van der Waals surface area contributed by atoms with Crippen molar-refractivity contribution in [2.45, 2.75) is 12.0 Å². The van der Waals surface area contributed by atoms with Gasteiger partial charge in [-0.2, -0.15) is 0 Å². The molecule has 0 unspecified atom stereocenters. The number of rotatable bonds is 3. The number of halogens is 1. The smallest absolute Gasteiger partial charge is 0.325 e. The van der Waals surface area contributed by atoms with Crippen LogP contribution < -0.4 is 15.4 Å². The fourth-order valence-electron chi connectivity index (χ4n) is 3.43. The van der Waals surface area contributed by atoms with Gasteiger partial charge in [-0.05, 0) is 46.9 Å². The van der Waals surface area contributed by atoms with E-state index < -0.39 is 23.4 Å². The lowest BCUT2D eigenvalue weighted by Gasteiger charge is -2.33. The van der Waals surface area contributed by atoms with Crippen molar-refractivity contribution in [2.75, 3.05) is 18.5 Å². The van der Waals surface area contributed by atoms with Gasteiger partial charge in [0.1, 0.15) is 12.3 Å². The number of nitrogens with zero attached hydrogens (tertiary/aromatic N) is 1. The van der Waals surface area contributed by atoms with Crippen LogP contribution in [0.1, 0.15) is 12.0 Å². The van der Waals surface area contributed by atoms with Gasteiger partial charge in [0, 0.05) is 21.2 Å². The predicted octanol–water partition coefficient (Wildman–Crippen LogP) is 2.46. The average Bonchev–Trinajstić information content (AvgIpc) is 2.87. The summed E-state index contributed by atoms with van der Waals surface area (Å²) < 4.78 is 6.57. The van der Waals surface area contributed by atoms with Gasteiger partial charge in [0.15, 0.2) is 5.54 Å². The van der Waals surface area contributed by atoms with Gasteiger partial charge >= 0.3 is 6.03 Å². The highest BCUT2D eigenvalue weighted by Crippen LogP contribution is 2.40. The van der Waals surface area contributed by atoms with Crippen LogP contribution >= 0.6 is 22.6 Å². The van der Waals surface area contributed by atoms with Crippen molar-refractivity contribution >= 4 is 46.1 Å². The van der Waals surface area contributed by atoms with E-state index in [1.54, 1.807) is 30.3 Å². The number of hydrogen-bond acceptors (Lipinski definition) is 4. The fraction of sp³-hybridized carbons (Fsp3) is 0.211. The summed E-state index contributed by atoms with van der Waals surface area (Å²) in [6.07, 6.45) is 0.323. The van der Waals surface area contributed by atoms with Crippen molar-refractivity contribution in [3.05, 3.63) is 57.7 Å². The van der Waals surface area contributed by atoms with E-state index >= 15 is 0 Å². The number of nitrogens with one attached hydrogen (secondary N) is 2. The molecule has 7 nitrogen and oxygen atoms in total. The summed E-state index contributed by atoms with van der Waals surface area (Å²) in [5.41, 5.74) is 0.0640. The number of carbonyl (C=O) groups excluding carboxylic acids is 3. The molecule has 1 spiro atoms. The number of benzene rings is 2. The number of carbonyl (C=O) groups is 3. The molecule has 0 saturated carbocycles. The molecule has 138 valence electrons. The van der Waals surface area contributed by atoms with Crippen LogP contribution in [0.3, 0.4) is 0 Å². The molecule has 27 heavy (non-hydrogen) atoms. The van der Waals surface area contributed by atoms with E-state index in [9.17, 15) is 14.4 Å². The van der Waals surface area contributed by atoms with E-state index in [-0.39, 0.29) is 6.54 Å². The number of anilines is 1. The molecule has 1 atom stereocenters. The lowest BCUT2D eigenvalue weighted by Crippen LogP contribution is -2.48. The molecule has 0 aliphatic carbocycles. The maximum atomic E-state index is 13.1. The normalized spacial score (nSPS) is 20.9. The predicted molar refractivity (Wildman–Crippen MR) is 106 cm³/mol. The van der Waals surface area contributed by atoms with E-state index in [4.69, 9.17) is 4.74 Å². The maximum Gasteiger partial charge on any atom is 0.325 e. The minimum atomic E-state index is -1.17. The van der Waals surface area contributed by atoms with Gasteiger partial charge in [-0.1, -0.05) is 24.3 Å². The summed E-state index contributed by atoms with van der Waals surface area (Å²) >= 11 is 2.14. The fourth-order valence-corrected chi connectivity index (χ4v) is 3.97. The third kappa shape index (κ3) is 3.14. The van der Waals surface area contributed by atoms with E-state index in [0.29, 0.717) is 30.0 Å². The molecular formula is C19H16IN3O4. The summed E-state index contributed by atoms with van der Waals surface area (Å²) in [5.74, 6) is -0.290. The Morgan fingerprint density at radius 2 is 2.04 bits per heavy atom. The highest BCUT2D eigenvalue weighted by Gasteiger charge is 2.55. The summed E-state index contributed by atoms with van der Waals surface area (Å²) in [7, 11) is 0. The van der Waals surface area contributed by atoms with E-state index in [0.717, 1.165) is 8.47 Å². The largest absolute Gasteiger partial charge is 0.493 e. The van der Waals surface area contributed by atoms with Gasteiger partial charge in [0.2, 0.25) is 5.91 Å². The Balaban J connectivity index is 1.55. The van der Waals surface area contributed by atoms with Gasteiger partial charge in [-0.3, -0.25) is 14.5 Å². The molecule has 2 aliphatic rings. The van der Waals surface area contributed by atoms with Crippen LogP contribution in [-0.2, 0) is 15.1 Å². The monoisotopic (exact) mass is 477 g/mol. The first-order valence-corrected chi connectivity index (χ1v) is 9.49. The molecule has 2 heterocycles. The third-order valence-corrected chi connectivity index (χ3v) is 5.34. The maximum absolute atomic E-state index is 13.1. The zero-order chi connectivity index (χ0) is 19.0. The van der Waals surface area contributed by atoms with Crippen LogP contribution in [0.2, 0.25) is 0 Å². The summed E-state index contributed by atoms with van der Waals surface area (Å²) in [6, 6.07) is 13.8. The first kappa shape index (κ1) is 17.8. The van der Waals surface area contributed by atoms with Crippen molar-refractivity contribution in [2.24, 2.45) is 0 Å². The minimum Gasteiger partial charge on any atom is -0.493 e. The standard InChI is InChI=1S/C19H16IN3O4/c20-12-4-3-5-13(10-12)21-16(24)11-23-17(25)19(22-18(23)26)8-9-27-15-7-2-1-6-14(15)19/h1-7,10H,8-9,11H2,(H,21,24)(H,22,26)/t19-/m1/s1. The lowest BCUT2D eigenvalue weighted by atomic mass is 9.84. The number of amides is 4. The molecule has 1 fully saturated rings. The van der Waals surface area contributed by atoms with Gasteiger partial charge in [-0.15, -0.1) is 0 Å². The molecule has 0 radical (unpaired) electrons. The highest BCUT2D eigenvalue weighted by atomic mass is 127. The van der Waals surface area contributed by atoms with Crippen LogP contribution in [0.15, 0.2) is 48.5 Å². The zero-order valence-corrected chi connectivity index (χ0v) is 16.4. The molecule has 2 aliphatic heterocycles. The van der Waals surface area contributed by atoms with Crippen molar-refractivity contribution < 1.29 is 19.1 Å². The number of ether oxygens (including phenoxy) is 1. The molecule has 0 bridgehead atoms. The average molecular weight is 477 g/mol. The number of imide groups is 1. The summed E-state index contributed by atoms with van der Waals surface area (Å²) in [4.78, 5) is 38.9. The van der Waals surface area contributed by atoms with Crippen molar-refractivity contribution in [3.8, 4) is 5.75 Å². The molecule has 0 aromatic heterocycles. The van der Waals surface area contributed by atoms with Crippen LogP contribution in [0.4, 0.5) is 10.5 Å². The van der Waals surface area contributed by atoms with E-state index in [1.165, 1.54) is 0 Å². The second-order valence-corrected chi connectivity index (χ2v) is 7.63. The Kier molecular flexibility index (Phi) is 4.50. The number of hydrogen-bond donors (Lipinski definition) is 2. The van der Waals surface area contributed by atoms with Gasteiger partial charge in [0.05, 0.1) is 6.61 Å². The van der Waals surface area contributed by atoms with E-state index in [1.807, 2.05) is 18.2 Å². The topological polar surface area (TPSA) is 87.7 Å². The quantitative estimate of drug-likeness (QED) is 0.526. The van der Waals surface area contributed by atoms with Gasteiger partial charge in [-0.25, -0.2) is 4.79 Å². The second-order valence-electron chi connectivity index (χ2n) is 6.38. The van der Waals surface area contributed by atoms with Crippen molar-refractivity contribution in [3.63, 3.8) is 0 Å². The zero-order valence-electron chi connectivity index (χ0n) is 14.2. The molecule has 2 N–H and O–H groups in total. The summed E-state index contributed by atoms with van der Waals surface area (Å²) in [6.45, 7) is -0.0353.